The summed E-state index contributed by atoms with van der Waals surface area (Å²) >= 11 is 7.71. The summed E-state index contributed by atoms with van der Waals surface area (Å²) in [5, 5.41) is 8.17. The highest BCUT2D eigenvalue weighted by Crippen LogP contribution is 2.38. The van der Waals surface area contributed by atoms with E-state index in [0.717, 1.165) is 0 Å². The molecule has 14 heteroatoms. The number of benzene rings is 1. The predicted octanol–water partition coefficient (Wildman–Crippen LogP) is 2.10. The van der Waals surface area contributed by atoms with E-state index in [-0.39, 0.29) is 49.4 Å². The fraction of sp³-hybridized carbons (Fsp3) is 0.400. The molecule has 11 nitrogen and oxygen atoms in total. The molecule has 0 spiro atoms. The highest BCUT2D eigenvalue weighted by molar-refractivity contribution is 7.11. The van der Waals surface area contributed by atoms with Crippen molar-refractivity contribution in [3.8, 4) is 0 Å². The third-order valence-corrected chi connectivity index (χ3v) is 8.08. The number of hydrogen-bond donors (Lipinski definition) is 2. The Morgan fingerprint density at radius 2 is 2.15 bits per heavy atom. The number of thiazole rings is 1. The number of esters is 2. The van der Waals surface area contributed by atoms with Crippen LogP contribution in [0.4, 0.5) is 9.18 Å². The molecule has 4 heterocycles. The van der Waals surface area contributed by atoms with E-state index in [4.69, 9.17) is 26.1 Å². The van der Waals surface area contributed by atoms with Crippen LogP contribution in [-0.2, 0) is 19.1 Å². The van der Waals surface area contributed by atoms with E-state index in [1.54, 1.807) is 24.6 Å². The first-order chi connectivity index (χ1) is 18.8. The smallest absolute Gasteiger partial charge is 0.338 e. The molecule has 2 amide bonds. The molecular weight excluding hydrogens is 551 g/mol. The minimum atomic E-state index is -1.21. The number of fused-ring (bicyclic) bond motifs is 1. The van der Waals surface area contributed by atoms with Crippen LogP contribution in [0.5, 0.6) is 0 Å². The predicted molar refractivity (Wildman–Crippen MR) is 141 cm³/mol. The number of hydrogen-bond acceptors (Lipinski definition) is 10. The van der Waals surface area contributed by atoms with Crippen molar-refractivity contribution in [2.75, 3.05) is 46.4 Å². The zero-order valence-electron chi connectivity index (χ0n) is 21.2. The highest BCUT2D eigenvalue weighted by atomic mass is 35.5. The summed E-state index contributed by atoms with van der Waals surface area (Å²) in [6.07, 6.45) is 1.63. The Labute approximate surface area is 232 Å². The number of amides is 2. The number of nitrogens with one attached hydrogen (secondary N) is 2. The van der Waals surface area contributed by atoms with Crippen molar-refractivity contribution in [3.63, 3.8) is 0 Å². The lowest BCUT2D eigenvalue weighted by Gasteiger charge is -2.44. The zero-order chi connectivity index (χ0) is 27.7. The van der Waals surface area contributed by atoms with Gasteiger partial charge in [-0.05, 0) is 13.0 Å². The summed E-state index contributed by atoms with van der Waals surface area (Å²) in [4.78, 5) is 51.2. The lowest BCUT2D eigenvalue weighted by Crippen LogP contribution is -2.66. The Morgan fingerprint density at radius 1 is 1.33 bits per heavy atom. The maximum Gasteiger partial charge on any atom is 0.338 e. The molecule has 0 bridgehead atoms. The van der Waals surface area contributed by atoms with E-state index in [1.807, 2.05) is 4.90 Å². The standard InChI is InChI=1S/C25H26ClFN6O5S/c1-3-38-22(34)17-16(11-32-8-9-33-24(36)29-12-25(33,13-32)23(35)37-2)30-20(21-28-7-10-39-21)31-19(17)14-5-4-6-15(27)18(14)26/h4-7,10,19H,3,8-9,11-13H2,1-2H3,(H,29,36)(H,30,31)/t19-,25?/m0/s1. The highest BCUT2D eigenvalue weighted by Gasteiger charge is 2.55. The monoisotopic (exact) mass is 576 g/mol. The van der Waals surface area contributed by atoms with Crippen molar-refractivity contribution in [2.45, 2.75) is 18.5 Å². The van der Waals surface area contributed by atoms with Crippen molar-refractivity contribution in [3.05, 3.63) is 62.5 Å². The first-order valence-electron chi connectivity index (χ1n) is 12.2. The molecule has 1 aromatic carbocycles. The second-order valence-electron chi connectivity index (χ2n) is 9.14. The van der Waals surface area contributed by atoms with Gasteiger partial charge in [0.1, 0.15) is 11.9 Å². The zero-order valence-corrected chi connectivity index (χ0v) is 22.8. The lowest BCUT2D eigenvalue weighted by atomic mass is 9.93. The third kappa shape index (κ3) is 4.85. The van der Waals surface area contributed by atoms with Crippen LogP contribution in [0.1, 0.15) is 23.5 Å². The summed E-state index contributed by atoms with van der Waals surface area (Å²) in [5.74, 6) is -1.42. The maximum absolute atomic E-state index is 14.5. The number of rotatable bonds is 7. The van der Waals surface area contributed by atoms with Gasteiger partial charge >= 0.3 is 18.0 Å². The summed E-state index contributed by atoms with van der Waals surface area (Å²) < 4.78 is 25.0. The number of urea groups is 1. The fourth-order valence-electron chi connectivity index (χ4n) is 5.13. The average Bonchev–Trinajstić information content (AvgIpc) is 3.58. The summed E-state index contributed by atoms with van der Waals surface area (Å²) in [5.41, 5.74) is -0.292. The Kier molecular flexibility index (Phi) is 7.56. The van der Waals surface area contributed by atoms with Gasteiger partial charge in [-0.15, -0.1) is 11.3 Å². The van der Waals surface area contributed by atoms with E-state index < -0.39 is 29.3 Å². The number of piperazine rings is 1. The molecule has 206 valence electrons. The van der Waals surface area contributed by atoms with Crippen molar-refractivity contribution in [1.82, 2.24) is 25.4 Å². The first-order valence-corrected chi connectivity index (χ1v) is 13.5. The van der Waals surface area contributed by atoms with Crippen LogP contribution in [0, 0.1) is 5.82 Å². The minimum absolute atomic E-state index is 0.0968. The number of halogens is 2. The van der Waals surface area contributed by atoms with Gasteiger partial charge in [0, 0.05) is 49.0 Å². The fourth-order valence-corrected chi connectivity index (χ4v) is 5.94. The van der Waals surface area contributed by atoms with Crippen LogP contribution < -0.4 is 10.6 Å². The molecule has 2 saturated heterocycles. The number of methoxy groups -OCH3 is 1. The Morgan fingerprint density at radius 3 is 2.87 bits per heavy atom. The molecule has 0 aliphatic carbocycles. The Balaban J connectivity index is 1.58. The van der Waals surface area contributed by atoms with E-state index in [9.17, 15) is 18.8 Å². The van der Waals surface area contributed by atoms with Crippen LogP contribution in [0.25, 0.3) is 0 Å². The van der Waals surface area contributed by atoms with Crippen molar-refractivity contribution in [1.29, 1.82) is 0 Å². The summed E-state index contributed by atoms with van der Waals surface area (Å²) in [6, 6.07) is 3.04. The van der Waals surface area contributed by atoms with Gasteiger partial charge in [-0.2, -0.15) is 0 Å². The Hall–Kier alpha value is -3.55. The van der Waals surface area contributed by atoms with Gasteiger partial charge in [0.15, 0.2) is 16.4 Å². The van der Waals surface area contributed by atoms with Crippen LogP contribution in [-0.4, -0.2) is 90.6 Å². The molecular formula is C25H26ClFN6O5S. The molecule has 2 atom stereocenters. The molecule has 39 heavy (non-hydrogen) atoms. The van der Waals surface area contributed by atoms with E-state index >= 15 is 0 Å². The summed E-state index contributed by atoms with van der Waals surface area (Å²) in [6.45, 7) is 2.92. The molecule has 3 aliphatic rings. The van der Waals surface area contributed by atoms with Crippen LogP contribution >= 0.6 is 22.9 Å². The van der Waals surface area contributed by atoms with Gasteiger partial charge in [0.2, 0.25) is 0 Å². The lowest BCUT2D eigenvalue weighted by molar-refractivity contribution is -0.155. The molecule has 1 unspecified atom stereocenters. The van der Waals surface area contributed by atoms with Gasteiger partial charge in [0.25, 0.3) is 0 Å². The van der Waals surface area contributed by atoms with Gasteiger partial charge in [-0.25, -0.2) is 23.8 Å². The number of carbonyl (C=O) groups is 3. The number of ether oxygens (including phenoxy) is 2. The molecule has 2 N–H and O–H groups in total. The number of amidine groups is 1. The molecule has 0 radical (unpaired) electrons. The van der Waals surface area contributed by atoms with E-state index in [2.05, 4.69) is 15.6 Å². The number of aliphatic imine (C=N–C) groups is 1. The Bertz CT molecular complexity index is 1370. The second kappa shape index (κ2) is 10.9. The van der Waals surface area contributed by atoms with Crippen LogP contribution in [0.3, 0.4) is 0 Å². The SMILES string of the molecule is CCOC(=O)C1=C(CN2CCN3C(=O)NCC3(C(=O)OC)C2)NC(c2nccs2)=N[C@H]1c1cccc(F)c1Cl. The molecule has 2 fully saturated rings. The van der Waals surface area contributed by atoms with Crippen molar-refractivity contribution in [2.24, 2.45) is 4.99 Å². The van der Waals surface area contributed by atoms with Gasteiger partial charge in [-0.1, -0.05) is 23.7 Å². The van der Waals surface area contributed by atoms with Gasteiger partial charge < -0.3 is 25.0 Å². The minimum Gasteiger partial charge on any atom is -0.467 e. The first kappa shape index (κ1) is 27.0. The summed E-state index contributed by atoms with van der Waals surface area (Å²) in [7, 11) is 1.28. The number of carbonyl (C=O) groups excluding carboxylic acids is 3. The largest absolute Gasteiger partial charge is 0.467 e. The van der Waals surface area contributed by atoms with Crippen molar-refractivity contribution >= 4 is 46.7 Å². The van der Waals surface area contributed by atoms with Gasteiger partial charge in [0.05, 0.1) is 30.9 Å². The molecule has 3 aliphatic heterocycles. The topological polar surface area (TPSA) is 125 Å². The van der Waals surface area contributed by atoms with Crippen LogP contribution in [0.2, 0.25) is 5.02 Å². The van der Waals surface area contributed by atoms with E-state index in [0.29, 0.717) is 28.6 Å². The van der Waals surface area contributed by atoms with E-state index in [1.165, 1.54) is 35.5 Å². The second-order valence-corrected chi connectivity index (χ2v) is 10.4. The van der Waals surface area contributed by atoms with Gasteiger partial charge in [-0.3, -0.25) is 9.89 Å². The number of aromatic nitrogens is 1. The number of nitrogens with zero attached hydrogens (tertiary/aromatic N) is 4. The average molecular weight is 577 g/mol. The van der Waals surface area contributed by atoms with Crippen molar-refractivity contribution < 1.29 is 28.2 Å². The van der Waals surface area contributed by atoms with Crippen LogP contribution in [0.15, 0.2) is 46.0 Å². The third-order valence-electron chi connectivity index (χ3n) is 6.90. The molecule has 0 saturated carbocycles. The molecule has 5 rings (SSSR count). The maximum atomic E-state index is 14.5. The molecule has 2 aromatic rings. The molecule has 1 aromatic heterocycles. The quantitative estimate of drug-likeness (QED) is 0.480. The normalized spacial score (nSPS) is 23.1.